The minimum atomic E-state index is -0.887. The number of allylic oxidation sites excluding steroid dienone is 2. The predicted octanol–water partition coefficient (Wildman–Crippen LogP) is 3.34. The fourth-order valence-electron chi connectivity index (χ4n) is 3.04. The highest BCUT2D eigenvalue weighted by Crippen LogP contribution is 2.28. The average Bonchev–Trinajstić information content (AvgIpc) is 3.20. The van der Waals surface area contributed by atoms with E-state index in [0.29, 0.717) is 5.57 Å². The molecule has 2 aromatic rings. The van der Waals surface area contributed by atoms with Gasteiger partial charge in [0.2, 0.25) is 0 Å². The highest BCUT2D eigenvalue weighted by atomic mass is 32.2. The van der Waals surface area contributed by atoms with Gasteiger partial charge in [-0.05, 0) is 54.9 Å². The molecule has 0 saturated carbocycles. The number of carboxylic acid groups (broad SMARTS) is 1. The monoisotopic (exact) mass is 402 g/mol. The smallest absolute Gasteiger partial charge is 0.334 e. The van der Waals surface area contributed by atoms with Gasteiger partial charge in [0, 0.05) is 25.5 Å². The van der Waals surface area contributed by atoms with Crippen LogP contribution >= 0.6 is 11.8 Å². The van der Waals surface area contributed by atoms with Crippen LogP contribution in [0.5, 0.6) is 0 Å². The maximum Gasteiger partial charge on any atom is 0.334 e. The van der Waals surface area contributed by atoms with Crippen molar-refractivity contribution in [3.8, 4) is 0 Å². The third-order valence-electron chi connectivity index (χ3n) is 4.44. The van der Waals surface area contributed by atoms with Gasteiger partial charge in [0.15, 0.2) is 0 Å². The number of aryl methyl sites for hydroxylation is 2. The second kappa shape index (κ2) is 10.1. The molecule has 1 atom stereocenters. The maximum atomic E-state index is 13.0. The topological polar surface area (TPSA) is 71.2 Å². The molecule has 3 rings (SSSR count). The summed E-state index contributed by atoms with van der Waals surface area (Å²) in [7, 11) is 0. The predicted molar refractivity (Wildman–Crippen MR) is 107 cm³/mol. The molecule has 1 aliphatic heterocycles. The Morgan fingerprint density at radius 3 is 2.75 bits per heavy atom. The number of hydrogen-bond acceptors (Lipinski definition) is 5. The van der Waals surface area contributed by atoms with Crippen LogP contribution in [0.15, 0.2) is 60.6 Å². The quantitative estimate of drug-likeness (QED) is 0.615. The van der Waals surface area contributed by atoms with Gasteiger partial charge in [-0.2, -0.15) is 0 Å². The summed E-state index contributed by atoms with van der Waals surface area (Å²) in [6.07, 6.45) is 11.5. The minimum absolute atomic E-state index is 0.216. The zero-order valence-electron chi connectivity index (χ0n) is 15.4. The number of rotatable bonds is 10. The third-order valence-corrected chi connectivity index (χ3v) is 5.81. The first-order valence-corrected chi connectivity index (χ1v) is 10.3. The van der Waals surface area contributed by atoms with Gasteiger partial charge in [-0.3, -0.25) is 4.68 Å². The van der Waals surface area contributed by atoms with E-state index >= 15 is 0 Å². The Kier molecular flexibility index (Phi) is 7.25. The molecule has 1 aliphatic rings. The van der Waals surface area contributed by atoms with Gasteiger partial charge in [-0.1, -0.05) is 17.3 Å². The van der Waals surface area contributed by atoms with Crippen molar-refractivity contribution in [3.63, 3.8) is 0 Å². The summed E-state index contributed by atoms with van der Waals surface area (Å²) in [4.78, 5) is 13.7. The number of aromatic nitrogens is 3. The number of carboxylic acids is 1. The molecule has 8 heteroatoms. The van der Waals surface area contributed by atoms with Gasteiger partial charge < -0.3 is 10.0 Å². The van der Waals surface area contributed by atoms with Crippen LogP contribution in [0.1, 0.15) is 18.4 Å². The zero-order valence-corrected chi connectivity index (χ0v) is 16.3. The van der Waals surface area contributed by atoms with Crippen molar-refractivity contribution in [2.45, 2.75) is 31.2 Å². The van der Waals surface area contributed by atoms with Gasteiger partial charge in [-0.15, -0.1) is 16.9 Å². The van der Waals surface area contributed by atoms with Gasteiger partial charge >= 0.3 is 5.97 Å². The first-order valence-electron chi connectivity index (χ1n) is 9.21. The highest BCUT2D eigenvalue weighted by molar-refractivity contribution is 8.00. The molecule has 0 spiro atoms. The number of hydrogen-bond donors (Lipinski definition) is 1. The molecule has 0 radical (unpaired) electrons. The summed E-state index contributed by atoms with van der Waals surface area (Å²) in [5.74, 6) is -0.299. The lowest BCUT2D eigenvalue weighted by molar-refractivity contribution is -0.133. The minimum Gasteiger partial charge on any atom is -0.478 e. The molecule has 2 heterocycles. The van der Waals surface area contributed by atoms with E-state index in [9.17, 15) is 14.3 Å². The fraction of sp³-hybridized carbons (Fsp3) is 0.350. The summed E-state index contributed by atoms with van der Waals surface area (Å²) in [6, 6.07) is 6.53. The highest BCUT2D eigenvalue weighted by Gasteiger charge is 2.27. The molecule has 6 nitrogen and oxygen atoms in total. The molecule has 1 aromatic heterocycles. The normalized spacial score (nSPS) is 16.2. The Balaban J connectivity index is 1.52. The Bertz CT molecular complexity index is 821. The molecule has 1 aromatic carbocycles. The molecule has 0 fully saturated rings. The summed E-state index contributed by atoms with van der Waals surface area (Å²) in [5, 5.41) is 17.1. The van der Waals surface area contributed by atoms with Crippen LogP contribution < -0.4 is 0 Å². The largest absolute Gasteiger partial charge is 0.478 e. The SMILES string of the molecule is O=C(O)C1=CC=CN(CCCn2ccnn2)C1SCCCc1ccc(F)cc1. The van der Waals surface area contributed by atoms with Crippen molar-refractivity contribution in [2.24, 2.45) is 0 Å². The van der Waals surface area contributed by atoms with E-state index in [0.717, 1.165) is 43.7 Å². The number of aliphatic carboxylic acids is 1. The average molecular weight is 402 g/mol. The van der Waals surface area contributed by atoms with Crippen LogP contribution in [0.25, 0.3) is 0 Å². The van der Waals surface area contributed by atoms with Crippen LogP contribution in [-0.4, -0.2) is 48.6 Å². The van der Waals surface area contributed by atoms with E-state index in [-0.39, 0.29) is 11.2 Å². The van der Waals surface area contributed by atoms with Crippen LogP contribution in [0.2, 0.25) is 0 Å². The van der Waals surface area contributed by atoms with Crippen molar-refractivity contribution in [1.29, 1.82) is 0 Å². The van der Waals surface area contributed by atoms with Crippen LogP contribution in [0.3, 0.4) is 0 Å². The number of nitrogens with zero attached hydrogens (tertiary/aromatic N) is 4. The molecular formula is C20H23FN4O2S. The Morgan fingerprint density at radius 2 is 2.04 bits per heavy atom. The van der Waals surface area contributed by atoms with E-state index in [1.807, 2.05) is 12.4 Å². The second-order valence-corrected chi connectivity index (χ2v) is 7.67. The van der Waals surface area contributed by atoms with Gasteiger partial charge in [0.25, 0.3) is 0 Å². The lowest BCUT2D eigenvalue weighted by atomic mass is 10.1. The molecule has 0 amide bonds. The van der Waals surface area contributed by atoms with Crippen LogP contribution in [0, 0.1) is 5.82 Å². The van der Waals surface area contributed by atoms with Crippen molar-refractivity contribution < 1.29 is 14.3 Å². The molecule has 0 bridgehead atoms. The standard InChI is InChI=1S/C20H23FN4O2S/c21-17-8-6-16(7-9-17)4-2-15-28-19-18(20(26)27)5-1-11-24(19)12-3-13-25-14-10-22-23-25/h1,5-11,14,19H,2-4,12-13,15H2,(H,26,27). The first kappa shape index (κ1) is 20.1. The summed E-state index contributed by atoms with van der Waals surface area (Å²) in [6.45, 7) is 1.47. The Labute approximate surface area is 167 Å². The number of carbonyl (C=O) groups is 1. The molecule has 1 unspecified atom stereocenters. The maximum absolute atomic E-state index is 13.0. The van der Waals surface area contributed by atoms with Gasteiger partial charge in [-0.25, -0.2) is 9.18 Å². The van der Waals surface area contributed by atoms with Crippen LogP contribution in [0.4, 0.5) is 4.39 Å². The lowest BCUT2D eigenvalue weighted by Gasteiger charge is -2.32. The van der Waals surface area contributed by atoms with E-state index in [4.69, 9.17) is 0 Å². The summed E-state index contributed by atoms with van der Waals surface area (Å²) in [5.41, 5.74) is 1.49. The third kappa shape index (κ3) is 5.69. The Morgan fingerprint density at radius 1 is 1.21 bits per heavy atom. The second-order valence-electron chi connectivity index (χ2n) is 6.48. The van der Waals surface area contributed by atoms with Crippen LogP contribution in [-0.2, 0) is 17.8 Å². The van der Waals surface area contributed by atoms with Gasteiger partial charge in [0.05, 0.1) is 11.8 Å². The van der Waals surface area contributed by atoms with Crippen molar-refractivity contribution >= 4 is 17.7 Å². The molecule has 0 saturated heterocycles. The molecular weight excluding hydrogens is 379 g/mol. The molecule has 148 valence electrons. The van der Waals surface area contributed by atoms with E-state index in [1.165, 1.54) is 12.1 Å². The van der Waals surface area contributed by atoms with E-state index in [1.54, 1.807) is 46.9 Å². The number of thioether (sulfide) groups is 1. The fourth-order valence-corrected chi connectivity index (χ4v) is 4.30. The lowest BCUT2D eigenvalue weighted by Crippen LogP contribution is -2.35. The molecule has 1 N–H and O–H groups in total. The van der Waals surface area contributed by atoms with Crippen molar-refractivity contribution in [3.05, 3.63) is 72.0 Å². The number of halogens is 1. The summed E-state index contributed by atoms with van der Waals surface area (Å²) < 4.78 is 14.8. The molecule has 0 aliphatic carbocycles. The van der Waals surface area contributed by atoms with E-state index < -0.39 is 5.97 Å². The van der Waals surface area contributed by atoms with Gasteiger partial charge in [0.1, 0.15) is 11.2 Å². The Hall–Kier alpha value is -2.61. The first-order chi connectivity index (χ1) is 13.6. The van der Waals surface area contributed by atoms with Crippen molar-refractivity contribution in [2.75, 3.05) is 12.3 Å². The summed E-state index contributed by atoms with van der Waals surface area (Å²) >= 11 is 1.63. The van der Waals surface area contributed by atoms with E-state index in [2.05, 4.69) is 15.2 Å². The van der Waals surface area contributed by atoms with Crippen molar-refractivity contribution in [1.82, 2.24) is 19.9 Å². The number of benzene rings is 1. The molecule has 28 heavy (non-hydrogen) atoms. The zero-order chi connectivity index (χ0) is 19.8.